The summed E-state index contributed by atoms with van der Waals surface area (Å²) in [6.45, 7) is 2.36. The molecule has 0 aromatic rings. The van der Waals surface area contributed by atoms with Crippen LogP contribution in [-0.2, 0) is 4.79 Å². The molecular formula is C12H20N2O. The van der Waals surface area contributed by atoms with Gasteiger partial charge in [0.1, 0.15) is 0 Å². The number of hydrogen-bond acceptors (Lipinski definition) is 2. The fourth-order valence-electron chi connectivity index (χ4n) is 5.14. The van der Waals surface area contributed by atoms with Crippen molar-refractivity contribution in [3.63, 3.8) is 0 Å². The van der Waals surface area contributed by atoms with Gasteiger partial charge in [0.2, 0.25) is 5.91 Å². The minimum atomic E-state index is -0.104. The largest absolute Gasteiger partial charge is 0.294 e. The molecule has 15 heavy (non-hydrogen) atoms. The van der Waals surface area contributed by atoms with Crippen molar-refractivity contribution >= 4 is 5.91 Å². The van der Waals surface area contributed by atoms with Crippen molar-refractivity contribution in [1.82, 2.24) is 5.43 Å². The molecule has 4 aliphatic carbocycles. The quantitative estimate of drug-likeness (QED) is 0.390. The van der Waals surface area contributed by atoms with Crippen molar-refractivity contribution in [2.45, 2.75) is 45.4 Å². The molecule has 4 atom stereocenters. The van der Waals surface area contributed by atoms with Gasteiger partial charge < -0.3 is 0 Å². The summed E-state index contributed by atoms with van der Waals surface area (Å²) in [5.41, 5.74) is 2.72. The Balaban J connectivity index is 1.96. The van der Waals surface area contributed by atoms with Crippen LogP contribution < -0.4 is 11.3 Å². The Labute approximate surface area is 90.8 Å². The van der Waals surface area contributed by atoms with Crippen molar-refractivity contribution < 1.29 is 4.79 Å². The zero-order chi connectivity index (χ0) is 10.7. The first-order valence-electron chi connectivity index (χ1n) is 6.06. The Bertz CT molecular complexity index is 299. The second kappa shape index (κ2) is 2.76. The Hall–Kier alpha value is -0.570. The van der Waals surface area contributed by atoms with Crippen LogP contribution in [0.5, 0.6) is 0 Å². The van der Waals surface area contributed by atoms with Crippen LogP contribution in [0.4, 0.5) is 0 Å². The van der Waals surface area contributed by atoms with Gasteiger partial charge in [-0.15, -0.1) is 0 Å². The van der Waals surface area contributed by atoms with Crippen molar-refractivity contribution in [3.05, 3.63) is 0 Å². The molecule has 0 aromatic carbocycles. The molecule has 3 N–H and O–H groups in total. The molecule has 4 bridgehead atoms. The molecule has 3 heteroatoms. The van der Waals surface area contributed by atoms with E-state index in [4.69, 9.17) is 5.84 Å². The predicted octanol–water partition coefficient (Wildman–Crippen LogP) is 1.58. The number of nitrogens with one attached hydrogen (secondary N) is 1. The van der Waals surface area contributed by atoms with E-state index in [0.29, 0.717) is 5.41 Å². The van der Waals surface area contributed by atoms with Crippen molar-refractivity contribution in [2.24, 2.45) is 28.5 Å². The van der Waals surface area contributed by atoms with E-state index < -0.39 is 0 Å². The number of hydrogen-bond donors (Lipinski definition) is 2. The fourth-order valence-corrected chi connectivity index (χ4v) is 5.14. The summed E-state index contributed by atoms with van der Waals surface area (Å²) in [5, 5.41) is 0. The minimum absolute atomic E-state index is 0.0998. The van der Waals surface area contributed by atoms with Crippen molar-refractivity contribution in [3.8, 4) is 0 Å². The number of hydrazine groups is 1. The predicted molar refractivity (Wildman–Crippen MR) is 57.6 cm³/mol. The van der Waals surface area contributed by atoms with E-state index in [1.54, 1.807) is 0 Å². The van der Waals surface area contributed by atoms with Gasteiger partial charge in [0.05, 0.1) is 5.41 Å². The summed E-state index contributed by atoms with van der Waals surface area (Å²) in [5.74, 6) is 7.01. The van der Waals surface area contributed by atoms with Crippen LogP contribution in [0, 0.1) is 22.7 Å². The van der Waals surface area contributed by atoms with E-state index in [-0.39, 0.29) is 11.3 Å². The summed E-state index contributed by atoms with van der Waals surface area (Å²) >= 11 is 0. The first-order valence-corrected chi connectivity index (χ1v) is 6.06. The molecule has 3 nitrogen and oxygen atoms in total. The highest BCUT2D eigenvalue weighted by atomic mass is 16.2. The second-order valence-corrected chi connectivity index (χ2v) is 6.53. The molecule has 0 aliphatic heterocycles. The molecule has 0 saturated heterocycles. The lowest BCUT2D eigenvalue weighted by Crippen LogP contribution is -2.57. The molecule has 4 rings (SSSR count). The van der Waals surface area contributed by atoms with Crippen molar-refractivity contribution in [1.29, 1.82) is 0 Å². The molecule has 4 aliphatic rings. The lowest BCUT2D eigenvalue weighted by molar-refractivity contribution is -0.155. The van der Waals surface area contributed by atoms with E-state index >= 15 is 0 Å². The second-order valence-electron chi connectivity index (χ2n) is 6.53. The molecule has 0 aromatic heterocycles. The highest BCUT2D eigenvalue weighted by Gasteiger charge is 2.58. The van der Waals surface area contributed by atoms with Gasteiger partial charge in [0.15, 0.2) is 0 Å². The molecule has 4 saturated carbocycles. The van der Waals surface area contributed by atoms with Crippen LogP contribution in [0.3, 0.4) is 0 Å². The standard InChI is InChI=1S/C12H20N2O/c1-11-3-8-2-9(4-11)6-12(5-8,7-11)10(15)14-13/h8-9H,2-7,13H2,1H3,(H,14,15)/t8-,9+,11?,12?. The number of rotatable bonds is 1. The maximum Gasteiger partial charge on any atom is 0.240 e. The summed E-state index contributed by atoms with van der Waals surface area (Å²) in [6, 6.07) is 0. The Morgan fingerprint density at radius 1 is 1.27 bits per heavy atom. The third-order valence-corrected chi connectivity index (χ3v) is 4.97. The molecule has 84 valence electrons. The highest BCUT2D eigenvalue weighted by Crippen LogP contribution is 2.65. The lowest BCUT2D eigenvalue weighted by Gasteiger charge is -2.60. The zero-order valence-electron chi connectivity index (χ0n) is 9.38. The maximum atomic E-state index is 12.0. The molecule has 2 unspecified atom stereocenters. The van der Waals surface area contributed by atoms with E-state index in [9.17, 15) is 4.79 Å². The molecule has 4 fully saturated rings. The monoisotopic (exact) mass is 208 g/mol. The van der Waals surface area contributed by atoms with Gasteiger partial charge in [-0.3, -0.25) is 10.2 Å². The Kier molecular flexibility index (Phi) is 1.77. The zero-order valence-corrected chi connectivity index (χ0v) is 9.38. The lowest BCUT2D eigenvalue weighted by atomic mass is 9.44. The average molecular weight is 208 g/mol. The van der Waals surface area contributed by atoms with Gasteiger partial charge >= 0.3 is 0 Å². The third kappa shape index (κ3) is 1.25. The summed E-state index contributed by atoms with van der Waals surface area (Å²) in [6.07, 6.45) is 7.27. The van der Waals surface area contributed by atoms with Crippen LogP contribution in [-0.4, -0.2) is 5.91 Å². The number of carbonyl (C=O) groups excluding carboxylic acids is 1. The van der Waals surface area contributed by atoms with E-state index in [1.165, 1.54) is 19.3 Å². The molecule has 1 amide bonds. The first kappa shape index (κ1) is 9.64. The average Bonchev–Trinajstić information content (AvgIpc) is 2.12. The molecular weight excluding hydrogens is 188 g/mol. The minimum Gasteiger partial charge on any atom is -0.294 e. The summed E-state index contributed by atoms with van der Waals surface area (Å²) < 4.78 is 0. The van der Waals surface area contributed by atoms with Gasteiger partial charge in [-0.25, -0.2) is 5.84 Å². The Morgan fingerprint density at radius 3 is 2.33 bits per heavy atom. The van der Waals surface area contributed by atoms with Crippen LogP contribution in [0.1, 0.15) is 45.4 Å². The fraction of sp³-hybridized carbons (Fsp3) is 0.917. The summed E-state index contributed by atoms with van der Waals surface area (Å²) in [7, 11) is 0. The number of amides is 1. The normalized spacial score (nSPS) is 51.9. The van der Waals surface area contributed by atoms with E-state index in [0.717, 1.165) is 31.1 Å². The molecule has 0 radical (unpaired) electrons. The van der Waals surface area contributed by atoms with Gasteiger partial charge in [-0.1, -0.05) is 6.92 Å². The van der Waals surface area contributed by atoms with Gasteiger partial charge in [-0.05, 0) is 55.8 Å². The molecule has 0 spiro atoms. The van der Waals surface area contributed by atoms with Crippen LogP contribution in [0.15, 0.2) is 0 Å². The van der Waals surface area contributed by atoms with Crippen molar-refractivity contribution in [2.75, 3.05) is 0 Å². The van der Waals surface area contributed by atoms with Gasteiger partial charge in [0.25, 0.3) is 0 Å². The van der Waals surface area contributed by atoms with Gasteiger partial charge in [0, 0.05) is 0 Å². The van der Waals surface area contributed by atoms with Crippen LogP contribution in [0.25, 0.3) is 0 Å². The molecule has 0 heterocycles. The van der Waals surface area contributed by atoms with Crippen LogP contribution >= 0.6 is 0 Å². The third-order valence-electron chi connectivity index (χ3n) is 4.97. The Morgan fingerprint density at radius 2 is 1.87 bits per heavy atom. The van der Waals surface area contributed by atoms with Crippen LogP contribution in [0.2, 0.25) is 0 Å². The first-order chi connectivity index (χ1) is 7.05. The smallest absolute Gasteiger partial charge is 0.240 e. The highest BCUT2D eigenvalue weighted by molar-refractivity contribution is 5.82. The number of carbonyl (C=O) groups is 1. The van der Waals surface area contributed by atoms with E-state index in [1.807, 2.05) is 0 Å². The van der Waals surface area contributed by atoms with Gasteiger partial charge in [-0.2, -0.15) is 0 Å². The summed E-state index contributed by atoms with van der Waals surface area (Å²) in [4.78, 5) is 12.0. The SMILES string of the molecule is CC12C[C@H]3C[C@@H](C1)CC(C(=O)NN)(C3)C2. The number of nitrogens with two attached hydrogens (primary N) is 1. The topological polar surface area (TPSA) is 55.1 Å². The van der Waals surface area contributed by atoms with E-state index in [2.05, 4.69) is 12.3 Å². The maximum absolute atomic E-state index is 12.0.